The van der Waals surface area contributed by atoms with Crippen molar-refractivity contribution in [2.45, 2.75) is 6.92 Å². The third-order valence-corrected chi connectivity index (χ3v) is 6.45. The van der Waals surface area contributed by atoms with E-state index in [4.69, 9.17) is 9.15 Å². The van der Waals surface area contributed by atoms with E-state index < -0.39 is 0 Å². The van der Waals surface area contributed by atoms with Crippen molar-refractivity contribution >= 4 is 32.6 Å². The molecule has 1 N–H and O–H groups in total. The normalized spacial score (nSPS) is 14.4. The average Bonchev–Trinajstić information content (AvgIpc) is 3.15. The SMILES string of the molecule is Cc1c(-c2ccccc2)c(N2CCOCC2)c2oc(-c3ccccc3)c(Br)c2c1O. The van der Waals surface area contributed by atoms with Crippen LogP contribution in [0.25, 0.3) is 33.4 Å². The monoisotopic (exact) mass is 463 g/mol. The maximum atomic E-state index is 11.2. The first-order valence-corrected chi connectivity index (χ1v) is 10.9. The van der Waals surface area contributed by atoms with Crippen LogP contribution in [-0.2, 0) is 4.74 Å². The van der Waals surface area contributed by atoms with Crippen LogP contribution in [-0.4, -0.2) is 31.4 Å². The van der Waals surface area contributed by atoms with Gasteiger partial charge in [-0.3, -0.25) is 0 Å². The molecule has 1 aromatic heterocycles. The number of fused-ring (bicyclic) bond motifs is 1. The summed E-state index contributed by atoms with van der Waals surface area (Å²) in [5, 5.41) is 11.9. The summed E-state index contributed by atoms with van der Waals surface area (Å²) in [7, 11) is 0. The van der Waals surface area contributed by atoms with Crippen molar-refractivity contribution in [2.24, 2.45) is 0 Å². The van der Waals surface area contributed by atoms with Gasteiger partial charge in [0, 0.05) is 29.8 Å². The first kappa shape index (κ1) is 19.2. The minimum atomic E-state index is 0.249. The molecule has 0 amide bonds. The Morgan fingerprint density at radius 1 is 0.900 bits per heavy atom. The van der Waals surface area contributed by atoms with Crippen LogP contribution in [0.4, 0.5) is 5.69 Å². The molecule has 4 nitrogen and oxygen atoms in total. The molecule has 4 aromatic rings. The Labute approximate surface area is 183 Å². The largest absolute Gasteiger partial charge is 0.507 e. The van der Waals surface area contributed by atoms with E-state index in [9.17, 15) is 5.11 Å². The van der Waals surface area contributed by atoms with Crippen molar-refractivity contribution in [3.63, 3.8) is 0 Å². The van der Waals surface area contributed by atoms with Crippen molar-refractivity contribution in [1.82, 2.24) is 0 Å². The lowest BCUT2D eigenvalue weighted by atomic mass is 9.94. The number of nitrogens with zero attached hydrogens (tertiary/aromatic N) is 1. The van der Waals surface area contributed by atoms with Gasteiger partial charge in [0.2, 0.25) is 0 Å². The van der Waals surface area contributed by atoms with Gasteiger partial charge in [0.1, 0.15) is 11.5 Å². The first-order valence-electron chi connectivity index (χ1n) is 10.1. The van der Waals surface area contributed by atoms with Crippen LogP contribution in [0, 0.1) is 6.92 Å². The van der Waals surface area contributed by atoms with Gasteiger partial charge in [0.25, 0.3) is 0 Å². The van der Waals surface area contributed by atoms with Gasteiger partial charge in [-0.05, 0) is 28.4 Å². The van der Waals surface area contributed by atoms with E-state index in [1.807, 2.05) is 55.5 Å². The molecule has 0 atom stereocenters. The second-order valence-electron chi connectivity index (χ2n) is 7.48. The maximum absolute atomic E-state index is 11.2. The standard InChI is InChI=1S/C25H22BrNO3/c1-16-19(17-8-4-2-5-9-17)22(27-12-14-29-15-13-27)25-20(23(16)28)21(26)24(30-25)18-10-6-3-7-11-18/h2-11,28H,12-15H2,1H3. The topological polar surface area (TPSA) is 45.8 Å². The molecule has 0 spiro atoms. The number of phenolic OH excluding ortho intramolecular Hbond substituents is 1. The number of aromatic hydroxyl groups is 1. The fraction of sp³-hybridized carbons (Fsp3) is 0.200. The molecular formula is C25H22BrNO3. The molecule has 0 bridgehead atoms. The van der Waals surface area contributed by atoms with Crippen LogP contribution < -0.4 is 4.90 Å². The summed E-state index contributed by atoms with van der Waals surface area (Å²) in [6, 6.07) is 20.2. The zero-order chi connectivity index (χ0) is 20.7. The number of rotatable bonds is 3. The molecule has 1 aliphatic heterocycles. The van der Waals surface area contributed by atoms with Crippen molar-refractivity contribution in [1.29, 1.82) is 0 Å². The Morgan fingerprint density at radius 3 is 2.13 bits per heavy atom. The van der Waals surface area contributed by atoms with E-state index in [1.54, 1.807) is 0 Å². The predicted molar refractivity (Wildman–Crippen MR) is 124 cm³/mol. The second kappa shape index (κ2) is 7.82. The Hall–Kier alpha value is -2.76. The van der Waals surface area contributed by atoms with Crippen LogP contribution in [0.15, 0.2) is 69.6 Å². The quantitative estimate of drug-likeness (QED) is 0.382. The third-order valence-electron chi connectivity index (χ3n) is 5.69. The van der Waals surface area contributed by atoms with E-state index in [0.29, 0.717) is 24.2 Å². The van der Waals surface area contributed by atoms with Gasteiger partial charge in [0.15, 0.2) is 5.58 Å². The van der Waals surface area contributed by atoms with Gasteiger partial charge < -0.3 is 19.2 Å². The summed E-state index contributed by atoms with van der Waals surface area (Å²) >= 11 is 3.72. The van der Waals surface area contributed by atoms with Crippen LogP contribution >= 0.6 is 15.9 Å². The van der Waals surface area contributed by atoms with Crippen molar-refractivity contribution in [3.8, 4) is 28.2 Å². The molecule has 30 heavy (non-hydrogen) atoms. The number of hydrogen-bond donors (Lipinski definition) is 1. The molecule has 0 aliphatic carbocycles. The van der Waals surface area contributed by atoms with E-state index >= 15 is 0 Å². The molecule has 1 aliphatic rings. The lowest BCUT2D eigenvalue weighted by Crippen LogP contribution is -2.36. The fourth-order valence-electron chi connectivity index (χ4n) is 4.21. The number of morpholine rings is 1. The fourth-order valence-corrected chi connectivity index (χ4v) is 4.89. The molecule has 0 radical (unpaired) electrons. The molecule has 152 valence electrons. The highest BCUT2D eigenvalue weighted by atomic mass is 79.9. The Balaban J connectivity index is 1.86. The van der Waals surface area contributed by atoms with E-state index in [2.05, 4.69) is 33.0 Å². The number of furan rings is 1. The van der Waals surface area contributed by atoms with Gasteiger partial charge in [0.05, 0.1) is 28.8 Å². The van der Waals surface area contributed by atoms with Crippen molar-refractivity contribution < 1.29 is 14.3 Å². The number of halogens is 1. The molecule has 3 aromatic carbocycles. The van der Waals surface area contributed by atoms with E-state index in [0.717, 1.165) is 51.3 Å². The lowest BCUT2D eigenvalue weighted by molar-refractivity contribution is 0.123. The summed E-state index contributed by atoms with van der Waals surface area (Å²) in [5.74, 6) is 0.971. The second-order valence-corrected chi connectivity index (χ2v) is 8.27. The zero-order valence-corrected chi connectivity index (χ0v) is 18.3. The number of benzene rings is 3. The van der Waals surface area contributed by atoms with E-state index in [1.165, 1.54) is 0 Å². The van der Waals surface area contributed by atoms with Crippen molar-refractivity contribution in [3.05, 3.63) is 70.7 Å². The van der Waals surface area contributed by atoms with Gasteiger partial charge in [-0.2, -0.15) is 0 Å². The third kappa shape index (κ3) is 3.09. The summed E-state index contributed by atoms with van der Waals surface area (Å²) < 4.78 is 12.9. The molecular weight excluding hydrogens is 442 g/mol. The summed E-state index contributed by atoms with van der Waals surface area (Å²) in [6.45, 7) is 4.87. The molecule has 5 heteroatoms. The van der Waals surface area contributed by atoms with Gasteiger partial charge in [-0.25, -0.2) is 0 Å². The first-order chi connectivity index (χ1) is 14.7. The maximum Gasteiger partial charge on any atom is 0.163 e. The Morgan fingerprint density at radius 2 is 1.50 bits per heavy atom. The molecule has 0 unspecified atom stereocenters. The number of phenols is 1. The minimum Gasteiger partial charge on any atom is -0.507 e. The lowest BCUT2D eigenvalue weighted by Gasteiger charge is -2.31. The van der Waals surface area contributed by atoms with E-state index in [-0.39, 0.29) is 5.75 Å². The van der Waals surface area contributed by atoms with Crippen molar-refractivity contribution in [2.75, 3.05) is 31.2 Å². The Kier molecular flexibility index (Phi) is 5.01. The molecule has 2 heterocycles. The average molecular weight is 464 g/mol. The van der Waals surface area contributed by atoms with Gasteiger partial charge in [-0.1, -0.05) is 60.7 Å². The summed E-state index contributed by atoms with van der Waals surface area (Å²) in [6.07, 6.45) is 0. The van der Waals surface area contributed by atoms with Crippen LogP contribution in [0.1, 0.15) is 5.56 Å². The number of ether oxygens (including phenoxy) is 1. The molecule has 0 saturated carbocycles. The highest BCUT2D eigenvalue weighted by Gasteiger charge is 2.29. The number of anilines is 1. The summed E-state index contributed by atoms with van der Waals surface area (Å²) in [5.41, 5.74) is 5.58. The van der Waals surface area contributed by atoms with Crippen LogP contribution in [0.2, 0.25) is 0 Å². The van der Waals surface area contributed by atoms with Crippen LogP contribution in [0.3, 0.4) is 0 Å². The highest BCUT2D eigenvalue weighted by molar-refractivity contribution is 9.10. The van der Waals surface area contributed by atoms with Gasteiger partial charge >= 0.3 is 0 Å². The Bertz CT molecular complexity index is 1200. The molecule has 1 saturated heterocycles. The minimum absolute atomic E-state index is 0.249. The highest BCUT2D eigenvalue weighted by Crippen LogP contribution is 2.51. The van der Waals surface area contributed by atoms with Gasteiger partial charge in [-0.15, -0.1) is 0 Å². The smallest absolute Gasteiger partial charge is 0.163 e. The predicted octanol–water partition coefficient (Wildman–Crippen LogP) is 6.38. The molecule has 5 rings (SSSR count). The zero-order valence-electron chi connectivity index (χ0n) is 16.7. The van der Waals surface area contributed by atoms with Crippen LogP contribution in [0.5, 0.6) is 5.75 Å². The number of hydrogen-bond acceptors (Lipinski definition) is 4. The summed E-state index contributed by atoms with van der Waals surface area (Å²) in [4.78, 5) is 2.31. The molecule has 1 fully saturated rings.